The molecule has 2 amide bonds. The van der Waals surface area contributed by atoms with Crippen LogP contribution < -0.4 is 10.6 Å². The van der Waals surface area contributed by atoms with Crippen molar-refractivity contribution in [2.45, 2.75) is 45.3 Å². The van der Waals surface area contributed by atoms with E-state index in [4.69, 9.17) is 4.74 Å². The van der Waals surface area contributed by atoms with Crippen molar-refractivity contribution < 1.29 is 14.3 Å². The van der Waals surface area contributed by atoms with Crippen molar-refractivity contribution in [2.24, 2.45) is 5.92 Å². The Morgan fingerprint density at radius 3 is 2.81 bits per heavy atom. The smallest absolute Gasteiger partial charge is 0.253 e. The minimum atomic E-state index is -0.416. The Balaban J connectivity index is 1.51. The fraction of sp³-hybridized carbons (Fsp3) is 0.375. The highest BCUT2D eigenvalue weighted by molar-refractivity contribution is 5.98. The molecular weight excluding hydrogens is 392 g/mol. The molecule has 162 valence electrons. The number of amides is 2. The van der Waals surface area contributed by atoms with Crippen molar-refractivity contribution in [3.63, 3.8) is 0 Å². The van der Waals surface area contributed by atoms with Crippen molar-refractivity contribution in [3.05, 3.63) is 59.9 Å². The maximum atomic E-state index is 13.1. The lowest BCUT2D eigenvalue weighted by molar-refractivity contribution is -0.124. The van der Waals surface area contributed by atoms with E-state index in [-0.39, 0.29) is 23.8 Å². The van der Waals surface area contributed by atoms with E-state index < -0.39 is 6.10 Å². The normalized spacial score (nSPS) is 17.9. The van der Waals surface area contributed by atoms with Gasteiger partial charge in [0.2, 0.25) is 0 Å². The van der Waals surface area contributed by atoms with E-state index in [0.717, 1.165) is 36.1 Å². The van der Waals surface area contributed by atoms with Gasteiger partial charge in [-0.1, -0.05) is 38.5 Å². The van der Waals surface area contributed by atoms with Crippen molar-refractivity contribution in [1.29, 1.82) is 0 Å². The summed E-state index contributed by atoms with van der Waals surface area (Å²) < 4.78 is 5.43. The highest BCUT2D eigenvalue weighted by atomic mass is 16.5. The van der Waals surface area contributed by atoms with Gasteiger partial charge in [0.05, 0.1) is 17.1 Å². The quantitative estimate of drug-likeness (QED) is 0.534. The summed E-state index contributed by atoms with van der Waals surface area (Å²) in [6, 6.07) is 14.5. The summed E-state index contributed by atoms with van der Waals surface area (Å²) in [5.74, 6) is 0.549. The number of hydrogen-bond acceptors (Lipinski definition) is 4. The molecule has 31 heavy (non-hydrogen) atoms. The predicted molar refractivity (Wildman–Crippen MR) is 120 cm³/mol. The average Bonchev–Trinajstić information content (AvgIpc) is 3.47. The van der Waals surface area contributed by atoms with Gasteiger partial charge in [0.25, 0.3) is 11.8 Å². The number of aromatic amines is 1. The van der Waals surface area contributed by atoms with Crippen LogP contribution in [0.1, 0.15) is 55.3 Å². The molecule has 0 radical (unpaired) electrons. The molecule has 7 nitrogen and oxygen atoms in total. The van der Waals surface area contributed by atoms with E-state index in [1.54, 1.807) is 24.3 Å². The van der Waals surface area contributed by atoms with Crippen molar-refractivity contribution in [2.75, 3.05) is 11.9 Å². The zero-order chi connectivity index (χ0) is 21.8. The summed E-state index contributed by atoms with van der Waals surface area (Å²) in [6.45, 7) is 4.80. The lowest BCUT2D eigenvalue weighted by Gasteiger charge is -2.22. The zero-order valence-corrected chi connectivity index (χ0v) is 17.9. The largest absolute Gasteiger partial charge is 0.368 e. The second-order valence-electron chi connectivity index (χ2n) is 8.05. The van der Waals surface area contributed by atoms with Crippen LogP contribution in [0.5, 0.6) is 0 Å². The van der Waals surface area contributed by atoms with Crippen LogP contribution in [-0.2, 0) is 9.53 Å². The number of nitrogens with zero attached hydrogens (tertiary/aromatic N) is 1. The molecule has 0 bridgehead atoms. The average molecular weight is 421 g/mol. The van der Waals surface area contributed by atoms with Crippen LogP contribution in [-0.4, -0.2) is 34.5 Å². The third-order valence-corrected chi connectivity index (χ3v) is 5.82. The number of nitrogens with one attached hydrogen (secondary N) is 3. The SMILES string of the molecule is CCC(C)C(NC(=O)c1cccc(NC(=O)C2CCCO2)c1)c1nc2ccccc2[nH]1. The zero-order valence-electron chi connectivity index (χ0n) is 17.9. The first-order chi connectivity index (χ1) is 15.0. The third kappa shape index (κ3) is 4.77. The van der Waals surface area contributed by atoms with Crippen molar-refractivity contribution in [3.8, 4) is 0 Å². The Kier molecular flexibility index (Phi) is 6.32. The van der Waals surface area contributed by atoms with Crippen LogP contribution in [0.4, 0.5) is 5.69 Å². The van der Waals surface area contributed by atoms with Gasteiger partial charge in [-0.15, -0.1) is 0 Å². The molecule has 3 atom stereocenters. The molecule has 1 aromatic heterocycles. The van der Waals surface area contributed by atoms with E-state index in [9.17, 15) is 9.59 Å². The summed E-state index contributed by atoms with van der Waals surface area (Å²) >= 11 is 0. The van der Waals surface area contributed by atoms with Gasteiger partial charge in [0.15, 0.2) is 0 Å². The molecule has 3 aromatic rings. The van der Waals surface area contributed by atoms with Crippen LogP contribution in [0.2, 0.25) is 0 Å². The molecule has 1 saturated heterocycles. The number of imidazole rings is 1. The highest BCUT2D eigenvalue weighted by Crippen LogP contribution is 2.25. The number of hydrogen-bond donors (Lipinski definition) is 3. The maximum absolute atomic E-state index is 13.1. The number of para-hydroxylation sites is 2. The van der Waals surface area contributed by atoms with Crippen LogP contribution in [0.15, 0.2) is 48.5 Å². The molecule has 7 heteroatoms. The number of rotatable bonds is 7. The second-order valence-corrected chi connectivity index (χ2v) is 8.05. The number of benzene rings is 2. The number of carbonyl (C=O) groups is 2. The van der Waals surface area contributed by atoms with Gasteiger partial charge in [0.1, 0.15) is 11.9 Å². The van der Waals surface area contributed by atoms with Crippen LogP contribution in [0.25, 0.3) is 11.0 Å². The van der Waals surface area contributed by atoms with E-state index in [0.29, 0.717) is 17.9 Å². The summed E-state index contributed by atoms with van der Waals surface area (Å²) in [5.41, 5.74) is 2.88. The van der Waals surface area contributed by atoms with Gasteiger partial charge in [0, 0.05) is 17.9 Å². The Bertz CT molecular complexity index is 1040. The molecule has 3 N–H and O–H groups in total. The summed E-state index contributed by atoms with van der Waals surface area (Å²) in [6.07, 6.45) is 2.08. The highest BCUT2D eigenvalue weighted by Gasteiger charge is 2.25. The lowest BCUT2D eigenvalue weighted by atomic mass is 9.98. The molecule has 1 aliphatic heterocycles. The van der Waals surface area contributed by atoms with Gasteiger partial charge in [-0.3, -0.25) is 9.59 Å². The number of H-pyrrole nitrogens is 1. The predicted octanol–water partition coefficient (Wildman–Crippen LogP) is 4.20. The number of aromatic nitrogens is 2. The fourth-order valence-corrected chi connectivity index (χ4v) is 3.81. The summed E-state index contributed by atoms with van der Waals surface area (Å²) in [5, 5.41) is 5.98. The fourth-order valence-electron chi connectivity index (χ4n) is 3.81. The molecule has 2 aromatic carbocycles. The van der Waals surface area contributed by atoms with Gasteiger partial charge >= 0.3 is 0 Å². The minimum absolute atomic E-state index is 0.171. The molecule has 0 spiro atoms. The van der Waals surface area contributed by atoms with E-state index in [1.807, 2.05) is 24.3 Å². The van der Waals surface area contributed by atoms with Gasteiger partial charge in [-0.05, 0) is 49.1 Å². The molecule has 1 aliphatic rings. The Morgan fingerprint density at radius 1 is 1.23 bits per heavy atom. The second kappa shape index (κ2) is 9.31. The monoisotopic (exact) mass is 420 g/mol. The maximum Gasteiger partial charge on any atom is 0.253 e. The van der Waals surface area contributed by atoms with Crippen molar-refractivity contribution in [1.82, 2.24) is 15.3 Å². The molecule has 1 fully saturated rings. The summed E-state index contributed by atoms with van der Waals surface area (Å²) in [7, 11) is 0. The minimum Gasteiger partial charge on any atom is -0.368 e. The van der Waals surface area contributed by atoms with Crippen LogP contribution in [0, 0.1) is 5.92 Å². The van der Waals surface area contributed by atoms with Gasteiger partial charge in [-0.25, -0.2) is 4.98 Å². The molecular formula is C24H28N4O3. The van der Waals surface area contributed by atoms with E-state index in [1.165, 1.54) is 0 Å². The molecule has 0 saturated carbocycles. The first-order valence-corrected chi connectivity index (χ1v) is 10.8. The number of carbonyl (C=O) groups excluding carboxylic acids is 2. The van der Waals surface area contributed by atoms with Crippen molar-refractivity contribution >= 4 is 28.5 Å². The molecule has 4 rings (SSSR count). The number of ether oxygens (including phenoxy) is 1. The Labute approximate surface area is 181 Å². The number of fused-ring (bicyclic) bond motifs is 1. The standard InChI is InChI=1S/C24H28N4O3/c1-3-15(2)21(22-26-18-10-4-5-11-19(18)27-22)28-23(29)16-8-6-9-17(14-16)25-24(30)20-12-7-13-31-20/h4-6,8-11,14-15,20-21H,3,7,12-13H2,1-2H3,(H,25,30)(H,26,27)(H,28,29). The van der Waals surface area contributed by atoms with Crippen LogP contribution in [0.3, 0.4) is 0 Å². The third-order valence-electron chi connectivity index (χ3n) is 5.82. The topological polar surface area (TPSA) is 96.1 Å². The van der Waals surface area contributed by atoms with E-state index in [2.05, 4.69) is 34.4 Å². The first-order valence-electron chi connectivity index (χ1n) is 10.8. The Morgan fingerprint density at radius 2 is 2.06 bits per heavy atom. The Hall–Kier alpha value is -3.19. The van der Waals surface area contributed by atoms with Gasteiger partial charge in [-0.2, -0.15) is 0 Å². The lowest BCUT2D eigenvalue weighted by Crippen LogP contribution is -2.33. The number of anilines is 1. The molecule has 3 unspecified atom stereocenters. The first kappa shape index (κ1) is 21.1. The van der Waals surface area contributed by atoms with E-state index >= 15 is 0 Å². The summed E-state index contributed by atoms with van der Waals surface area (Å²) in [4.78, 5) is 33.4. The van der Waals surface area contributed by atoms with Gasteiger partial charge < -0.3 is 20.4 Å². The van der Waals surface area contributed by atoms with Crippen LogP contribution >= 0.6 is 0 Å². The molecule has 0 aliphatic carbocycles. The molecule has 2 heterocycles.